The third-order valence-corrected chi connectivity index (χ3v) is 4.20. The zero-order chi connectivity index (χ0) is 11.9. The number of anilines is 1. The Bertz CT molecular complexity index is 580. The van der Waals surface area contributed by atoms with Crippen LogP contribution in [-0.2, 0) is 0 Å². The normalized spacial score (nSPS) is 10.7. The lowest BCUT2D eigenvalue weighted by molar-refractivity contribution is 0.210. The topological polar surface area (TPSA) is 62.2 Å². The summed E-state index contributed by atoms with van der Waals surface area (Å²) >= 11 is 4.73. The lowest BCUT2D eigenvalue weighted by Gasteiger charge is -1.99. The predicted octanol–water partition coefficient (Wildman–Crippen LogP) is 3.77. The fourth-order valence-corrected chi connectivity index (χ4v) is 3.63. The molecule has 4 nitrogen and oxygen atoms in total. The molecular formula is C10H9BrN2O2S. The van der Waals surface area contributed by atoms with Crippen molar-refractivity contribution in [2.45, 2.75) is 13.8 Å². The van der Waals surface area contributed by atoms with E-state index in [1.807, 2.05) is 19.9 Å². The van der Waals surface area contributed by atoms with Crippen LogP contribution in [0, 0.1) is 13.8 Å². The zero-order valence-electron chi connectivity index (χ0n) is 8.67. The maximum atomic E-state index is 10.6. The van der Waals surface area contributed by atoms with Gasteiger partial charge in [-0.25, -0.2) is 9.78 Å². The van der Waals surface area contributed by atoms with Crippen LogP contribution in [0.2, 0.25) is 0 Å². The number of nitrogens with one attached hydrogen (secondary N) is 1. The highest BCUT2D eigenvalue weighted by Crippen LogP contribution is 2.40. The highest BCUT2D eigenvalue weighted by atomic mass is 79.9. The van der Waals surface area contributed by atoms with Gasteiger partial charge in [0.1, 0.15) is 9.83 Å². The van der Waals surface area contributed by atoms with Crippen molar-refractivity contribution in [3.8, 4) is 0 Å². The average molecular weight is 301 g/mol. The van der Waals surface area contributed by atoms with Gasteiger partial charge in [0, 0.05) is 11.1 Å². The van der Waals surface area contributed by atoms with Gasteiger partial charge in [0.05, 0.1) is 4.47 Å². The molecule has 0 aliphatic heterocycles. The summed E-state index contributed by atoms with van der Waals surface area (Å²) in [6.07, 6.45) is -1.07. The highest BCUT2D eigenvalue weighted by Gasteiger charge is 2.14. The average Bonchev–Trinajstić information content (AvgIpc) is 2.41. The predicted molar refractivity (Wildman–Crippen MR) is 68.4 cm³/mol. The molecule has 0 aliphatic carbocycles. The second-order valence-electron chi connectivity index (χ2n) is 3.44. The first-order valence-electron chi connectivity index (χ1n) is 4.55. The molecule has 0 aromatic carbocycles. The third-order valence-electron chi connectivity index (χ3n) is 2.15. The summed E-state index contributed by atoms with van der Waals surface area (Å²) in [4.78, 5) is 15.8. The van der Waals surface area contributed by atoms with Crippen LogP contribution >= 0.6 is 27.3 Å². The van der Waals surface area contributed by atoms with Crippen molar-refractivity contribution in [2.24, 2.45) is 0 Å². The van der Waals surface area contributed by atoms with E-state index in [0.717, 1.165) is 25.9 Å². The van der Waals surface area contributed by atoms with E-state index in [2.05, 4.69) is 26.2 Å². The number of halogens is 1. The number of hydrogen-bond donors (Lipinski definition) is 2. The van der Waals surface area contributed by atoms with Gasteiger partial charge in [0.2, 0.25) is 0 Å². The summed E-state index contributed by atoms with van der Waals surface area (Å²) in [5.74, 6) is 0. The molecule has 6 heteroatoms. The van der Waals surface area contributed by atoms with Crippen LogP contribution in [0.1, 0.15) is 11.3 Å². The maximum absolute atomic E-state index is 10.6. The molecule has 0 aliphatic rings. The molecule has 1 amide bonds. The van der Waals surface area contributed by atoms with E-state index in [9.17, 15) is 4.79 Å². The van der Waals surface area contributed by atoms with Gasteiger partial charge in [-0.3, -0.25) is 5.32 Å². The Morgan fingerprint density at radius 3 is 2.88 bits per heavy atom. The molecule has 84 valence electrons. The van der Waals surface area contributed by atoms with Crippen LogP contribution in [0.25, 0.3) is 10.2 Å². The third kappa shape index (κ3) is 1.90. The Balaban J connectivity index is 2.68. The molecule has 0 bridgehead atoms. The number of aromatic nitrogens is 1. The van der Waals surface area contributed by atoms with Gasteiger partial charge in [-0.1, -0.05) is 11.3 Å². The molecule has 2 N–H and O–H groups in total. The second kappa shape index (κ2) is 4.03. The maximum Gasteiger partial charge on any atom is 0.409 e. The number of pyridine rings is 1. The molecule has 0 spiro atoms. The Kier molecular flexibility index (Phi) is 2.86. The molecule has 0 fully saturated rings. The van der Waals surface area contributed by atoms with Crippen LogP contribution < -0.4 is 5.32 Å². The van der Waals surface area contributed by atoms with Crippen LogP contribution in [0.5, 0.6) is 0 Å². The number of hydrogen-bond acceptors (Lipinski definition) is 3. The minimum absolute atomic E-state index is 0.573. The quantitative estimate of drug-likeness (QED) is 0.843. The number of thiophene rings is 1. The van der Waals surface area contributed by atoms with E-state index in [1.165, 1.54) is 11.3 Å². The fourth-order valence-electron chi connectivity index (χ4n) is 1.58. The Morgan fingerprint density at radius 1 is 1.56 bits per heavy atom. The summed E-state index contributed by atoms with van der Waals surface area (Å²) in [5.41, 5.74) is 2.02. The highest BCUT2D eigenvalue weighted by molar-refractivity contribution is 9.10. The van der Waals surface area contributed by atoms with Crippen LogP contribution in [0.3, 0.4) is 0 Å². The SMILES string of the molecule is Cc1cc(C)c2c(Br)c(NC(=O)O)sc2n1. The molecule has 0 saturated heterocycles. The number of fused-ring (bicyclic) bond motifs is 1. The van der Waals surface area contributed by atoms with Gasteiger partial charge in [0.25, 0.3) is 0 Å². The number of carbonyl (C=O) groups is 1. The zero-order valence-corrected chi connectivity index (χ0v) is 11.1. The summed E-state index contributed by atoms with van der Waals surface area (Å²) in [6.45, 7) is 3.91. The minimum atomic E-state index is -1.07. The van der Waals surface area contributed by atoms with E-state index in [-0.39, 0.29) is 0 Å². The second-order valence-corrected chi connectivity index (χ2v) is 5.23. The van der Waals surface area contributed by atoms with E-state index in [4.69, 9.17) is 5.11 Å². The van der Waals surface area contributed by atoms with Crippen LogP contribution in [-0.4, -0.2) is 16.2 Å². The summed E-state index contributed by atoms with van der Waals surface area (Å²) in [7, 11) is 0. The fraction of sp³-hybridized carbons (Fsp3) is 0.200. The van der Waals surface area contributed by atoms with Crippen molar-refractivity contribution in [2.75, 3.05) is 5.32 Å². The first kappa shape index (κ1) is 11.3. The summed E-state index contributed by atoms with van der Waals surface area (Å²) in [5, 5.41) is 12.6. The number of rotatable bonds is 1. The first-order valence-corrected chi connectivity index (χ1v) is 6.16. The molecule has 0 radical (unpaired) electrons. The minimum Gasteiger partial charge on any atom is -0.465 e. The van der Waals surface area contributed by atoms with Gasteiger partial charge in [0.15, 0.2) is 0 Å². The molecule has 2 aromatic rings. The molecule has 0 saturated carbocycles. The van der Waals surface area contributed by atoms with Crippen molar-refractivity contribution < 1.29 is 9.90 Å². The number of carboxylic acid groups (broad SMARTS) is 1. The van der Waals surface area contributed by atoms with Crippen molar-refractivity contribution >= 4 is 48.6 Å². The standard InChI is InChI=1S/C10H9BrN2O2S/c1-4-3-5(2)12-8-6(4)7(11)9(16-8)13-10(14)15/h3,13H,1-2H3,(H,14,15). The molecule has 2 heterocycles. The Labute approximate surface area is 104 Å². The largest absolute Gasteiger partial charge is 0.465 e. The molecule has 2 rings (SSSR count). The van der Waals surface area contributed by atoms with E-state index < -0.39 is 6.09 Å². The smallest absolute Gasteiger partial charge is 0.409 e. The monoisotopic (exact) mass is 300 g/mol. The van der Waals surface area contributed by atoms with Crippen LogP contribution in [0.4, 0.5) is 9.80 Å². The Morgan fingerprint density at radius 2 is 2.25 bits per heavy atom. The van der Waals surface area contributed by atoms with E-state index in [0.29, 0.717) is 5.00 Å². The molecule has 2 aromatic heterocycles. The number of aryl methyl sites for hydroxylation is 2. The van der Waals surface area contributed by atoms with Crippen molar-refractivity contribution in [1.29, 1.82) is 0 Å². The lowest BCUT2D eigenvalue weighted by atomic mass is 10.2. The van der Waals surface area contributed by atoms with Gasteiger partial charge < -0.3 is 5.11 Å². The number of amides is 1. The van der Waals surface area contributed by atoms with Gasteiger partial charge in [-0.2, -0.15) is 0 Å². The van der Waals surface area contributed by atoms with Crippen LogP contribution in [0.15, 0.2) is 10.5 Å². The van der Waals surface area contributed by atoms with Gasteiger partial charge >= 0.3 is 6.09 Å². The molecule has 16 heavy (non-hydrogen) atoms. The molecule has 0 unspecified atom stereocenters. The van der Waals surface area contributed by atoms with Crippen molar-refractivity contribution in [3.63, 3.8) is 0 Å². The summed E-state index contributed by atoms with van der Waals surface area (Å²) < 4.78 is 0.764. The first-order chi connectivity index (χ1) is 7.49. The van der Waals surface area contributed by atoms with Crippen molar-refractivity contribution in [3.05, 3.63) is 21.8 Å². The lowest BCUT2D eigenvalue weighted by Crippen LogP contribution is -2.05. The van der Waals surface area contributed by atoms with E-state index >= 15 is 0 Å². The molecule has 0 atom stereocenters. The van der Waals surface area contributed by atoms with Crippen molar-refractivity contribution in [1.82, 2.24) is 4.98 Å². The van der Waals surface area contributed by atoms with E-state index in [1.54, 1.807) is 0 Å². The Hall–Kier alpha value is -1.14. The summed E-state index contributed by atoms with van der Waals surface area (Å²) in [6, 6.07) is 1.98. The molecular weight excluding hydrogens is 292 g/mol. The van der Waals surface area contributed by atoms with Gasteiger partial charge in [-0.15, -0.1) is 0 Å². The number of nitrogens with zero attached hydrogens (tertiary/aromatic N) is 1. The van der Waals surface area contributed by atoms with Gasteiger partial charge in [-0.05, 0) is 41.4 Å².